The van der Waals surface area contributed by atoms with E-state index < -0.39 is 0 Å². The minimum atomic E-state index is 0.394. The lowest BCUT2D eigenvalue weighted by molar-refractivity contribution is 0.946. The Morgan fingerprint density at radius 1 is 0.941 bits per heavy atom. The van der Waals surface area contributed by atoms with Gasteiger partial charge >= 0.3 is 0 Å². The average Bonchev–Trinajstić information content (AvgIpc) is 2.32. The Balaban J connectivity index is 2.11. The zero-order valence-electron chi connectivity index (χ0n) is 10.3. The van der Waals surface area contributed by atoms with Gasteiger partial charge in [-0.3, -0.25) is 0 Å². The van der Waals surface area contributed by atoms with Crippen LogP contribution in [-0.2, 0) is 6.42 Å². The third-order valence-corrected chi connectivity index (χ3v) is 3.79. The highest BCUT2D eigenvalue weighted by atomic mass is 79.9. The number of aryl methyl sites for hydroxylation is 2. The topological polar surface area (TPSA) is 0 Å². The molecule has 0 fully saturated rings. The van der Waals surface area contributed by atoms with E-state index in [-0.39, 0.29) is 0 Å². The van der Waals surface area contributed by atoms with Gasteiger partial charge in [-0.2, -0.15) is 0 Å². The van der Waals surface area contributed by atoms with Gasteiger partial charge in [0.15, 0.2) is 0 Å². The van der Waals surface area contributed by atoms with Crippen LogP contribution in [0.15, 0.2) is 48.5 Å². The van der Waals surface area contributed by atoms with Gasteiger partial charge in [0.1, 0.15) is 0 Å². The van der Waals surface area contributed by atoms with Crippen molar-refractivity contribution < 1.29 is 0 Å². The molecule has 2 aromatic rings. The second-order valence-corrected chi connectivity index (χ2v) is 5.68. The molecule has 2 aromatic carbocycles. The fraction of sp³-hybridized carbons (Fsp3) is 0.250. The molecule has 0 radical (unpaired) electrons. The zero-order valence-corrected chi connectivity index (χ0v) is 11.9. The van der Waals surface area contributed by atoms with Gasteiger partial charge in [0.25, 0.3) is 0 Å². The fourth-order valence-corrected chi connectivity index (χ4v) is 2.57. The molecule has 0 aliphatic carbocycles. The molecule has 1 heteroatoms. The van der Waals surface area contributed by atoms with Crippen molar-refractivity contribution in [2.24, 2.45) is 0 Å². The van der Waals surface area contributed by atoms with Gasteiger partial charge in [0, 0.05) is 4.83 Å². The second kappa shape index (κ2) is 5.50. The quantitative estimate of drug-likeness (QED) is 0.699. The van der Waals surface area contributed by atoms with Crippen molar-refractivity contribution in [3.63, 3.8) is 0 Å². The smallest absolute Gasteiger partial charge is 0.0435 e. The molecule has 17 heavy (non-hydrogen) atoms. The summed E-state index contributed by atoms with van der Waals surface area (Å²) in [5.41, 5.74) is 5.36. The standard InChI is InChI=1S/C16H17Br/c1-12-6-8-14(9-7-12)11-16(17)15-5-3-4-13(2)10-15/h3-10,16H,11H2,1-2H3. The number of benzene rings is 2. The second-order valence-electron chi connectivity index (χ2n) is 4.57. The lowest BCUT2D eigenvalue weighted by atomic mass is 10.0. The van der Waals surface area contributed by atoms with Gasteiger partial charge in [0.05, 0.1) is 0 Å². The highest BCUT2D eigenvalue weighted by Gasteiger charge is 2.08. The first-order valence-electron chi connectivity index (χ1n) is 5.91. The Kier molecular flexibility index (Phi) is 4.01. The summed E-state index contributed by atoms with van der Waals surface area (Å²) in [5.74, 6) is 0. The van der Waals surface area contributed by atoms with E-state index in [4.69, 9.17) is 0 Å². The highest BCUT2D eigenvalue weighted by Crippen LogP contribution is 2.27. The van der Waals surface area contributed by atoms with Crippen LogP contribution in [0.5, 0.6) is 0 Å². The molecule has 0 N–H and O–H groups in total. The molecule has 88 valence electrons. The van der Waals surface area contributed by atoms with E-state index in [2.05, 4.69) is 78.3 Å². The molecular formula is C16H17Br. The molecule has 0 saturated heterocycles. The Morgan fingerprint density at radius 3 is 2.29 bits per heavy atom. The molecule has 0 amide bonds. The molecule has 0 spiro atoms. The largest absolute Gasteiger partial charge is 0.0835 e. The summed E-state index contributed by atoms with van der Waals surface area (Å²) in [6, 6.07) is 17.4. The minimum absolute atomic E-state index is 0.394. The molecule has 0 bridgehead atoms. The van der Waals surface area contributed by atoms with E-state index in [0.29, 0.717) is 4.83 Å². The van der Waals surface area contributed by atoms with Crippen LogP contribution in [0.1, 0.15) is 27.1 Å². The number of halogens is 1. The van der Waals surface area contributed by atoms with Gasteiger partial charge in [0.2, 0.25) is 0 Å². The number of alkyl halides is 1. The lowest BCUT2D eigenvalue weighted by Crippen LogP contribution is -1.95. The molecule has 0 aliphatic rings. The molecule has 2 rings (SSSR count). The Hall–Kier alpha value is -1.08. The van der Waals surface area contributed by atoms with Crippen LogP contribution >= 0.6 is 15.9 Å². The van der Waals surface area contributed by atoms with Crippen molar-refractivity contribution in [2.75, 3.05) is 0 Å². The van der Waals surface area contributed by atoms with Crippen molar-refractivity contribution in [1.82, 2.24) is 0 Å². The highest BCUT2D eigenvalue weighted by molar-refractivity contribution is 9.09. The Morgan fingerprint density at radius 2 is 1.65 bits per heavy atom. The van der Waals surface area contributed by atoms with Crippen molar-refractivity contribution in [3.8, 4) is 0 Å². The summed E-state index contributed by atoms with van der Waals surface area (Å²) in [4.78, 5) is 0.394. The summed E-state index contributed by atoms with van der Waals surface area (Å²) >= 11 is 3.78. The number of rotatable bonds is 3. The van der Waals surface area contributed by atoms with Crippen LogP contribution in [0, 0.1) is 13.8 Å². The third kappa shape index (κ3) is 3.44. The molecule has 1 atom stereocenters. The Bertz CT molecular complexity index is 485. The van der Waals surface area contributed by atoms with E-state index in [1.807, 2.05) is 0 Å². The Labute approximate surface area is 112 Å². The average molecular weight is 289 g/mol. The lowest BCUT2D eigenvalue weighted by Gasteiger charge is -2.11. The van der Waals surface area contributed by atoms with Crippen molar-refractivity contribution >= 4 is 15.9 Å². The van der Waals surface area contributed by atoms with Gasteiger partial charge in [-0.05, 0) is 31.4 Å². The zero-order chi connectivity index (χ0) is 12.3. The molecule has 0 saturated carbocycles. The predicted molar refractivity (Wildman–Crippen MR) is 77.7 cm³/mol. The van der Waals surface area contributed by atoms with Gasteiger partial charge in [-0.25, -0.2) is 0 Å². The van der Waals surface area contributed by atoms with Crippen LogP contribution in [0.25, 0.3) is 0 Å². The van der Waals surface area contributed by atoms with Gasteiger partial charge < -0.3 is 0 Å². The van der Waals surface area contributed by atoms with Crippen LogP contribution in [0.4, 0.5) is 0 Å². The summed E-state index contributed by atoms with van der Waals surface area (Å²) < 4.78 is 0. The molecule has 0 nitrogen and oxygen atoms in total. The fourth-order valence-electron chi connectivity index (χ4n) is 1.91. The molecule has 1 unspecified atom stereocenters. The van der Waals surface area contributed by atoms with E-state index >= 15 is 0 Å². The predicted octanol–water partition coefficient (Wildman–Crippen LogP) is 4.98. The minimum Gasteiger partial charge on any atom is -0.0835 e. The van der Waals surface area contributed by atoms with E-state index in [1.54, 1.807) is 0 Å². The van der Waals surface area contributed by atoms with Gasteiger partial charge in [-0.15, -0.1) is 0 Å². The molecule has 0 heterocycles. The van der Waals surface area contributed by atoms with Gasteiger partial charge in [-0.1, -0.05) is 75.6 Å². The monoisotopic (exact) mass is 288 g/mol. The summed E-state index contributed by atoms with van der Waals surface area (Å²) in [6.45, 7) is 4.26. The SMILES string of the molecule is Cc1ccc(CC(Br)c2cccc(C)c2)cc1. The normalized spacial score (nSPS) is 12.4. The van der Waals surface area contributed by atoms with Crippen LogP contribution in [0.2, 0.25) is 0 Å². The summed E-state index contributed by atoms with van der Waals surface area (Å²) in [6.07, 6.45) is 1.03. The van der Waals surface area contributed by atoms with Crippen molar-refractivity contribution in [1.29, 1.82) is 0 Å². The van der Waals surface area contributed by atoms with Crippen LogP contribution in [0.3, 0.4) is 0 Å². The first-order valence-corrected chi connectivity index (χ1v) is 6.83. The molecular weight excluding hydrogens is 272 g/mol. The molecule has 0 aromatic heterocycles. The maximum atomic E-state index is 3.78. The van der Waals surface area contributed by atoms with E-state index in [9.17, 15) is 0 Å². The first-order chi connectivity index (χ1) is 8.15. The maximum Gasteiger partial charge on any atom is 0.0435 e. The summed E-state index contributed by atoms with van der Waals surface area (Å²) in [5, 5.41) is 0. The molecule has 0 aliphatic heterocycles. The summed E-state index contributed by atoms with van der Waals surface area (Å²) in [7, 11) is 0. The van der Waals surface area contributed by atoms with Crippen molar-refractivity contribution in [3.05, 3.63) is 70.8 Å². The van der Waals surface area contributed by atoms with Crippen molar-refractivity contribution in [2.45, 2.75) is 25.1 Å². The maximum absolute atomic E-state index is 3.78. The van der Waals surface area contributed by atoms with Crippen LogP contribution in [-0.4, -0.2) is 0 Å². The first kappa shape index (κ1) is 12.4. The number of hydrogen-bond donors (Lipinski definition) is 0. The third-order valence-electron chi connectivity index (χ3n) is 2.94. The van der Waals surface area contributed by atoms with E-state index in [1.165, 1.54) is 22.3 Å². The van der Waals surface area contributed by atoms with Crippen LogP contribution < -0.4 is 0 Å². The number of hydrogen-bond acceptors (Lipinski definition) is 0. The van der Waals surface area contributed by atoms with E-state index in [0.717, 1.165) is 6.42 Å².